The first-order valence-electron chi connectivity index (χ1n) is 7.51. The van der Waals surface area contributed by atoms with Crippen molar-refractivity contribution in [1.82, 2.24) is 14.8 Å². The molecule has 0 fully saturated rings. The molecule has 1 aliphatic heterocycles. The number of aryl methyl sites for hydroxylation is 1. The Morgan fingerprint density at radius 1 is 1.36 bits per heavy atom. The van der Waals surface area contributed by atoms with Crippen LogP contribution >= 0.6 is 0 Å². The monoisotopic (exact) mass is 353 g/mol. The molecule has 2 N–H and O–H groups in total. The van der Waals surface area contributed by atoms with Gasteiger partial charge in [-0.2, -0.15) is 18.2 Å². The number of anilines is 2. The molecule has 0 saturated heterocycles. The van der Waals surface area contributed by atoms with Gasteiger partial charge in [0.05, 0.1) is 6.42 Å². The van der Waals surface area contributed by atoms with Crippen LogP contribution in [0.1, 0.15) is 30.8 Å². The van der Waals surface area contributed by atoms with Gasteiger partial charge in [-0.15, -0.1) is 5.10 Å². The minimum absolute atomic E-state index is 0.327. The predicted molar refractivity (Wildman–Crippen MR) is 81.8 cm³/mol. The van der Waals surface area contributed by atoms with Crippen molar-refractivity contribution >= 4 is 23.5 Å². The van der Waals surface area contributed by atoms with E-state index in [4.69, 9.17) is 0 Å². The first kappa shape index (κ1) is 16.9. The molecule has 25 heavy (non-hydrogen) atoms. The van der Waals surface area contributed by atoms with Crippen molar-refractivity contribution < 1.29 is 22.8 Å². The van der Waals surface area contributed by atoms with Gasteiger partial charge in [-0.3, -0.25) is 14.9 Å². The van der Waals surface area contributed by atoms with E-state index < -0.39 is 35.8 Å². The first-order chi connectivity index (χ1) is 11.8. The second kappa shape index (κ2) is 6.19. The van der Waals surface area contributed by atoms with E-state index in [0.717, 1.165) is 16.7 Å². The quantitative estimate of drug-likeness (QED) is 0.887. The maximum atomic E-state index is 12.8. The van der Waals surface area contributed by atoms with Gasteiger partial charge in [0.15, 0.2) is 0 Å². The maximum Gasteiger partial charge on any atom is 0.453 e. The number of halogens is 3. The number of aromatic nitrogens is 3. The SMILES string of the molecule is CCc1ccc(NC(=O)[C@@H]2CC(=O)Nc3nc(C(F)(F)F)nn32)cc1. The zero-order chi connectivity index (χ0) is 18.2. The fraction of sp³-hybridized carbons (Fsp3) is 0.333. The molecule has 1 aliphatic rings. The maximum absolute atomic E-state index is 12.8. The summed E-state index contributed by atoms with van der Waals surface area (Å²) in [6, 6.07) is 5.81. The summed E-state index contributed by atoms with van der Waals surface area (Å²) < 4.78 is 39.1. The Labute approximate surface area is 140 Å². The lowest BCUT2D eigenvalue weighted by Crippen LogP contribution is -2.36. The fourth-order valence-electron chi connectivity index (χ4n) is 2.44. The lowest BCUT2D eigenvalue weighted by atomic mass is 10.1. The minimum atomic E-state index is -4.77. The van der Waals surface area contributed by atoms with Gasteiger partial charge < -0.3 is 5.32 Å². The number of carbonyl (C=O) groups excluding carboxylic acids is 2. The molecular weight excluding hydrogens is 339 g/mol. The number of nitrogens with zero attached hydrogens (tertiary/aromatic N) is 3. The van der Waals surface area contributed by atoms with Crippen LogP contribution in [0.25, 0.3) is 0 Å². The van der Waals surface area contributed by atoms with E-state index in [-0.39, 0.29) is 6.42 Å². The van der Waals surface area contributed by atoms with Crippen molar-refractivity contribution in [2.45, 2.75) is 32.0 Å². The van der Waals surface area contributed by atoms with Gasteiger partial charge in [0.1, 0.15) is 6.04 Å². The molecule has 1 aromatic carbocycles. The van der Waals surface area contributed by atoms with Crippen LogP contribution in [-0.2, 0) is 22.2 Å². The second-order valence-corrected chi connectivity index (χ2v) is 5.51. The van der Waals surface area contributed by atoms with E-state index in [1.165, 1.54) is 0 Å². The third-order valence-corrected chi connectivity index (χ3v) is 3.74. The van der Waals surface area contributed by atoms with Gasteiger partial charge in [-0.05, 0) is 24.1 Å². The highest BCUT2D eigenvalue weighted by Crippen LogP contribution is 2.31. The molecule has 0 saturated carbocycles. The molecule has 1 aromatic heterocycles. The number of rotatable bonds is 3. The molecule has 3 rings (SSSR count). The highest BCUT2D eigenvalue weighted by molar-refractivity contribution is 6.00. The highest BCUT2D eigenvalue weighted by atomic mass is 19.4. The minimum Gasteiger partial charge on any atom is -0.324 e. The molecule has 0 bridgehead atoms. The van der Waals surface area contributed by atoms with Gasteiger partial charge >= 0.3 is 6.18 Å². The lowest BCUT2D eigenvalue weighted by Gasteiger charge is -2.22. The van der Waals surface area contributed by atoms with Crippen LogP contribution in [0.5, 0.6) is 0 Å². The average Bonchev–Trinajstić information content (AvgIpc) is 2.98. The predicted octanol–water partition coefficient (Wildman–Crippen LogP) is 2.38. The number of hydrogen-bond donors (Lipinski definition) is 2. The van der Waals surface area contributed by atoms with Crippen LogP contribution in [0.2, 0.25) is 0 Å². The summed E-state index contributed by atoms with van der Waals surface area (Å²) in [6.07, 6.45) is -4.27. The van der Waals surface area contributed by atoms with Crippen molar-refractivity contribution in [3.63, 3.8) is 0 Å². The zero-order valence-corrected chi connectivity index (χ0v) is 13.1. The van der Waals surface area contributed by atoms with Crippen LogP contribution in [0.4, 0.5) is 24.8 Å². The van der Waals surface area contributed by atoms with Gasteiger partial charge in [-0.1, -0.05) is 19.1 Å². The lowest BCUT2D eigenvalue weighted by molar-refractivity contribution is -0.145. The number of nitrogens with one attached hydrogen (secondary N) is 2. The molecule has 2 amide bonds. The summed E-state index contributed by atoms with van der Waals surface area (Å²) in [6.45, 7) is 1.98. The molecule has 1 atom stereocenters. The number of alkyl halides is 3. The van der Waals surface area contributed by atoms with Crippen molar-refractivity contribution in [3.05, 3.63) is 35.7 Å². The Morgan fingerprint density at radius 2 is 2.04 bits per heavy atom. The summed E-state index contributed by atoms with van der Waals surface area (Å²) in [5.74, 6) is -3.05. The summed E-state index contributed by atoms with van der Waals surface area (Å²) in [7, 11) is 0. The van der Waals surface area contributed by atoms with E-state index in [9.17, 15) is 22.8 Å². The van der Waals surface area contributed by atoms with Gasteiger partial charge in [-0.25, -0.2) is 4.68 Å². The molecule has 10 heteroatoms. The fourth-order valence-corrected chi connectivity index (χ4v) is 2.44. The van der Waals surface area contributed by atoms with Gasteiger partial charge in [0.25, 0.3) is 5.82 Å². The normalized spacial score (nSPS) is 17.0. The Bertz CT molecular complexity index is 814. The van der Waals surface area contributed by atoms with E-state index in [1.54, 1.807) is 12.1 Å². The number of benzene rings is 1. The molecule has 0 aliphatic carbocycles. The third-order valence-electron chi connectivity index (χ3n) is 3.74. The largest absolute Gasteiger partial charge is 0.453 e. The summed E-state index contributed by atoms with van der Waals surface area (Å²) >= 11 is 0. The van der Waals surface area contributed by atoms with Crippen molar-refractivity contribution in [1.29, 1.82) is 0 Å². The van der Waals surface area contributed by atoms with Crippen LogP contribution in [0, 0.1) is 0 Å². The molecule has 0 radical (unpaired) electrons. The van der Waals surface area contributed by atoms with E-state index >= 15 is 0 Å². The highest BCUT2D eigenvalue weighted by Gasteiger charge is 2.41. The molecular formula is C15H14F3N5O2. The van der Waals surface area contributed by atoms with Gasteiger partial charge in [0.2, 0.25) is 17.8 Å². The molecule has 132 valence electrons. The molecule has 0 unspecified atom stereocenters. The molecule has 2 heterocycles. The van der Waals surface area contributed by atoms with Crippen molar-refractivity contribution in [3.8, 4) is 0 Å². The van der Waals surface area contributed by atoms with Gasteiger partial charge in [0, 0.05) is 5.69 Å². The average molecular weight is 353 g/mol. The van der Waals surface area contributed by atoms with Crippen LogP contribution in [0.15, 0.2) is 24.3 Å². The topological polar surface area (TPSA) is 88.9 Å². The van der Waals surface area contributed by atoms with Crippen molar-refractivity contribution in [2.75, 3.05) is 10.6 Å². The van der Waals surface area contributed by atoms with Crippen LogP contribution in [0.3, 0.4) is 0 Å². The Hall–Kier alpha value is -2.91. The Kier molecular flexibility index (Phi) is 4.19. The number of amides is 2. The third kappa shape index (κ3) is 3.47. The summed E-state index contributed by atoms with van der Waals surface area (Å²) in [5.41, 5.74) is 1.55. The van der Waals surface area contributed by atoms with Crippen LogP contribution < -0.4 is 10.6 Å². The smallest absolute Gasteiger partial charge is 0.324 e. The number of hydrogen-bond acceptors (Lipinski definition) is 4. The standard InChI is InChI=1S/C15H14F3N5O2/c1-2-8-3-5-9(6-4-8)19-12(25)10-7-11(24)20-14-21-13(15(16,17)18)22-23(10)14/h3-6,10H,2,7H2,1H3,(H,19,25)(H,20,21,22,24)/t10-/m0/s1. The first-order valence-corrected chi connectivity index (χ1v) is 7.51. The van der Waals surface area contributed by atoms with E-state index in [1.807, 2.05) is 19.1 Å². The van der Waals surface area contributed by atoms with E-state index in [2.05, 4.69) is 20.7 Å². The molecule has 2 aromatic rings. The van der Waals surface area contributed by atoms with E-state index in [0.29, 0.717) is 5.69 Å². The van der Waals surface area contributed by atoms with Crippen molar-refractivity contribution in [2.24, 2.45) is 0 Å². The number of fused-ring (bicyclic) bond motifs is 1. The molecule has 7 nitrogen and oxygen atoms in total. The Morgan fingerprint density at radius 3 is 2.64 bits per heavy atom. The summed E-state index contributed by atoms with van der Waals surface area (Å²) in [5, 5.41) is 8.10. The van der Waals surface area contributed by atoms with Crippen LogP contribution in [-0.4, -0.2) is 26.6 Å². The Balaban J connectivity index is 1.85. The second-order valence-electron chi connectivity index (χ2n) is 5.51. The zero-order valence-electron chi connectivity index (χ0n) is 13.1. The summed E-state index contributed by atoms with van der Waals surface area (Å²) in [4.78, 5) is 27.4. The number of carbonyl (C=O) groups is 2. The molecule has 0 spiro atoms.